The Labute approximate surface area is 124 Å². The van der Waals surface area contributed by atoms with Gasteiger partial charge in [-0.1, -0.05) is 44.9 Å². The van der Waals surface area contributed by atoms with Crippen LogP contribution in [-0.4, -0.2) is 19.2 Å². The van der Waals surface area contributed by atoms with Crippen molar-refractivity contribution < 1.29 is 4.74 Å². The summed E-state index contributed by atoms with van der Waals surface area (Å²) >= 11 is 0. The summed E-state index contributed by atoms with van der Waals surface area (Å²) in [6, 6.07) is 4.82. The molecule has 1 aromatic rings. The van der Waals surface area contributed by atoms with Crippen LogP contribution in [0.15, 0.2) is 12.1 Å². The normalized spacial score (nSPS) is 14.1. The van der Waals surface area contributed by atoms with Crippen LogP contribution in [0.5, 0.6) is 5.75 Å². The first-order chi connectivity index (χ1) is 9.49. The van der Waals surface area contributed by atoms with E-state index in [9.17, 15) is 0 Å². The van der Waals surface area contributed by atoms with Gasteiger partial charge in [0.05, 0.1) is 0 Å². The number of ether oxygens (including phenoxy) is 1. The van der Waals surface area contributed by atoms with E-state index in [0.717, 1.165) is 25.3 Å². The second-order valence-electron chi connectivity index (χ2n) is 5.98. The fourth-order valence-corrected chi connectivity index (χ4v) is 2.61. The van der Waals surface area contributed by atoms with Crippen molar-refractivity contribution in [1.29, 1.82) is 0 Å². The van der Waals surface area contributed by atoms with E-state index in [2.05, 4.69) is 59.0 Å². The molecular weight excluding hydrogens is 246 g/mol. The fourth-order valence-electron chi connectivity index (χ4n) is 2.61. The molecule has 0 radical (unpaired) electrons. The van der Waals surface area contributed by atoms with Crippen LogP contribution in [0.3, 0.4) is 0 Å². The molecule has 2 nitrogen and oxygen atoms in total. The summed E-state index contributed by atoms with van der Waals surface area (Å²) in [5.74, 6) is 1.69. The number of nitrogens with one attached hydrogen (secondary N) is 1. The molecule has 2 atom stereocenters. The zero-order valence-corrected chi connectivity index (χ0v) is 14.0. The Hall–Kier alpha value is -1.02. The quantitative estimate of drug-likeness (QED) is 0.760. The van der Waals surface area contributed by atoms with Gasteiger partial charge in [0.1, 0.15) is 12.4 Å². The minimum absolute atomic E-state index is 0.431. The molecule has 114 valence electrons. The molecule has 0 amide bonds. The van der Waals surface area contributed by atoms with Crippen LogP contribution in [-0.2, 0) is 0 Å². The predicted octanol–water partition coefficient (Wildman–Crippen LogP) is 4.40. The van der Waals surface area contributed by atoms with Crippen LogP contribution in [0.2, 0.25) is 0 Å². The van der Waals surface area contributed by atoms with Crippen molar-refractivity contribution in [1.82, 2.24) is 5.32 Å². The van der Waals surface area contributed by atoms with Crippen LogP contribution in [0.4, 0.5) is 0 Å². The van der Waals surface area contributed by atoms with Gasteiger partial charge >= 0.3 is 0 Å². The van der Waals surface area contributed by atoms with Crippen molar-refractivity contribution in [3.8, 4) is 5.75 Å². The summed E-state index contributed by atoms with van der Waals surface area (Å²) in [6.07, 6.45) is 2.34. The highest BCUT2D eigenvalue weighted by Crippen LogP contribution is 2.25. The average Bonchev–Trinajstić information content (AvgIpc) is 2.40. The molecule has 0 heterocycles. The van der Waals surface area contributed by atoms with E-state index in [1.165, 1.54) is 23.1 Å². The van der Waals surface area contributed by atoms with Crippen molar-refractivity contribution in [3.63, 3.8) is 0 Å². The lowest BCUT2D eigenvalue weighted by Crippen LogP contribution is -2.40. The van der Waals surface area contributed by atoms with Gasteiger partial charge in [0.15, 0.2) is 0 Å². The molecule has 0 aromatic heterocycles. The third-order valence-corrected chi connectivity index (χ3v) is 4.00. The summed E-state index contributed by atoms with van der Waals surface area (Å²) in [6.45, 7) is 15.0. The summed E-state index contributed by atoms with van der Waals surface area (Å²) < 4.78 is 6.14. The maximum Gasteiger partial charge on any atom is 0.125 e. The third kappa shape index (κ3) is 4.82. The maximum atomic E-state index is 6.14. The Bertz CT molecular complexity index is 391. The molecule has 2 unspecified atom stereocenters. The fraction of sp³-hybridized carbons (Fsp3) is 0.667. The second kappa shape index (κ2) is 8.31. The zero-order valence-electron chi connectivity index (χ0n) is 14.0. The summed E-state index contributed by atoms with van der Waals surface area (Å²) in [5.41, 5.74) is 3.77. The van der Waals surface area contributed by atoms with E-state index in [4.69, 9.17) is 4.74 Å². The van der Waals surface area contributed by atoms with Gasteiger partial charge in [-0.05, 0) is 50.8 Å². The topological polar surface area (TPSA) is 21.3 Å². The van der Waals surface area contributed by atoms with Crippen LogP contribution < -0.4 is 10.1 Å². The molecular formula is C18H31NO. The molecule has 1 aromatic carbocycles. The highest BCUT2D eigenvalue weighted by Gasteiger charge is 2.16. The summed E-state index contributed by atoms with van der Waals surface area (Å²) in [5, 5.41) is 3.62. The van der Waals surface area contributed by atoms with Gasteiger partial charge in [0.2, 0.25) is 0 Å². The molecule has 0 aliphatic rings. The molecule has 0 saturated heterocycles. The third-order valence-electron chi connectivity index (χ3n) is 4.00. The van der Waals surface area contributed by atoms with E-state index in [1.807, 2.05) is 0 Å². The van der Waals surface area contributed by atoms with Crippen molar-refractivity contribution in [2.24, 2.45) is 5.92 Å². The smallest absolute Gasteiger partial charge is 0.125 e. The lowest BCUT2D eigenvalue weighted by molar-refractivity contribution is 0.218. The Morgan fingerprint density at radius 3 is 2.20 bits per heavy atom. The maximum absolute atomic E-state index is 6.14. The molecule has 0 spiro atoms. The molecule has 0 bridgehead atoms. The minimum atomic E-state index is 0.431. The Morgan fingerprint density at radius 2 is 1.70 bits per heavy atom. The molecule has 1 N–H and O–H groups in total. The molecule has 0 aliphatic carbocycles. The van der Waals surface area contributed by atoms with Gasteiger partial charge in [-0.15, -0.1) is 0 Å². The van der Waals surface area contributed by atoms with Crippen molar-refractivity contribution >= 4 is 0 Å². The average molecular weight is 277 g/mol. The molecule has 20 heavy (non-hydrogen) atoms. The standard InChI is InChI=1S/C18H31NO/c1-7-9-19-17(14(4)8-2)12-20-18-15(5)10-13(3)11-16(18)6/h10-11,14,17,19H,7-9,12H2,1-6H3. The van der Waals surface area contributed by atoms with Crippen LogP contribution in [0.1, 0.15) is 50.3 Å². The first-order valence-corrected chi connectivity index (χ1v) is 7.93. The highest BCUT2D eigenvalue weighted by molar-refractivity contribution is 5.42. The van der Waals surface area contributed by atoms with Crippen molar-refractivity contribution in [3.05, 3.63) is 28.8 Å². The number of aryl methyl sites for hydroxylation is 3. The number of hydrogen-bond donors (Lipinski definition) is 1. The second-order valence-corrected chi connectivity index (χ2v) is 5.98. The molecule has 1 rings (SSSR count). The van der Waals surface area contributed by atoms with Crippen LogP contribution in [0, 0.1) is 26.7 Å². The van der Waals surface area contributed by atoms with Crippen molar-refractivity contribution in [2.75, 3.05) is 13.2 Å². The SMILES string of the molecule is CCCNC(COc1c(C)cc(C)cc1C)C(C)CC. The van der Waals surface area contributed by atoms with Gasteiger partial charge in [-0.2, -0.15) is 0 Å². The number of benzene rings is 1. The van der Waals surface area contributed by atoms with Gasteiger partial charge in [0, 0.05) is 6.04 Å². The molecule has 0 fully saturated rings. The van der Waals surface area contributed by atoms with Crippen LogP contribution >= 0.6 is 0 Å². The van der Waals surface area contributed by atoms with E-state index in [-0.39, 0.29) is 0 Å². The Morgan fingerprint density at radius 1 is 1.10 bits per heavy atom. The Kier molecular flexibility index (Phi) is 7.08. The predicted molar refractivity (Wildman–Crippen MR) is 87.7 cm³/mol. The largest absolute Gasteiger partial charge is 0.491 e. The summed E-state index contributed by atoms with van der Waals surface area (Å²) in [4.78, 5) is 0. The van der Waals surface area contributed by atoms with E-state index in [0.29, 0.717) is 12.0 Å². The first-order valence-electron chi connectivity index (χ1n) is 7.93. The van der Waals surface area contributed by atoms with Gasteiger partial charge in [-0.25, -0.2) is 0 Å². The van der Waals surface area contributed by atoms with Gasteiger partial charge in [-0.3, -0.25) is 0 Å². The van der Waals surface area contributed by atoms with Gasteiger partial charge in [0.25, 0.3) is 0 Å². The highest BCUT2D eigenvalue weighted by atomic mass is 16.5. The monoisotopic (exact) mass is 277 g/mol. The Balaban J connectivity index is 2.71. The zero-order chi connectivity index (χ0) is 15.1. The number of hydrogen-bond acceptors (Lipinski definition) is 2. The minimum Gasteiger partial charge on any atom is -0.491 e. The van der Waals surface area contributed by atoms with Crippen molar-refractivity contribution in [2.45, 2.75) is 60.4 Å². The van der Waals surface area contributed by atoms with E-state index >= 15 is 0 Å². The molecule has 0 aliphatic heterocycles. The van der Waals surface area contributed by atoms with Crippen LogP contribution in [0.25, 0.3) is 0 Å². The molecule has 0 saturated carbocycles. The van der Waals surface area contributed by atoms with E-state index in [1.54, 1.807) is 0 Å². The van der Waals surface area contributed by atoms with Gasteiger partial charge < -0.3 is 10.1 Å². The molecule has 2 heteroatoms. The van der Waals surface area contributed by atoms with E-state index < -0.39 is 0 Å². The number of rotatable bonds is 8. The lowest BCUT2D eigenvalue weighted by Gasteiger charge is -2.25. The lowest BCUT2D eigenvalue weighted by atomic mass is 9.99. The summed E-state index contributed by atoms with van der Waals surface area (Å²) in [7, 11) is 0. The first kappa shape index (κ1) is 17.0.